The van der Waals surface area contributed by atoms with Crippen LogP contribution in [0.25, 0.3) is 0 Å². The predicted octanol–water partition coefficient (Wildman–Crippen LogP) is 1.33. The molecule has 8 nitrogen and oxygen atoms in total. The van der Waals surface area contributed by atoms with E-state index in [9.17, 15) is 10.1 Å². The van der Waals surface area contributed by atoms with Gasteiger partial charge in [0.2, 0.25) is 11.8 Å². The molecule has 0 aromatic carbocycles. The summed E-state index contributed by atoms with van der Waals surface area (Å²) in [7, 11) is 1.69. The summed E-state index contributed by atoms with van der Waals surface area (Å²) in [6, 6.07) is 0. The number of nitrogens with one attached hydrogen (secondary N) is 1. The number of piperidine rings is 1. The zero-order valence-electron chi connectivity index (χ0n) is 12.4. The number of aromatic nitrogens is 2. The standard InChI is InChI=1S/C13H21N5O3/c1-9-11(18(20)21)12(16-13(14-2)15-9)17-6-3-4-10(8-17)5-7-19/h10,19H,3-8H2,1-2H3,(H,14,15,16). The Bertz CT molecular complexity index is 521. The fraction of sp³-hybridized carbons (Fsp3) is 0.692. The van der Waals surface area contributed by atoms with Crippen molar-refractivity contribution in [2.75, 3.05) is 37.0 Å². The smallest absolute Gasteiger partial charge is 0.332 e. The van der Waals surface area contributed by atoms with Crippen LogP contribution in [0, 0.1) is 23.0 Å². The van der Waals surface area contributed by atoms with Crippen molar-refractivity contribution >= 4 is 17.5 Å². The Balaban J connectivity index is 2.36. The maximum atomic E-state index is 11.3. The lowest BCUT2D eigenvalue weighted by Crippen LogP contribution is -2.37. The average Bonchev–Trinajstić information content (AvgIpc) is 2.46. The number of nitrogens with zero attached hydrogens (tertiary/aromatic N) is 4. The van der Waals surface area contributed by atoms with Crippen LogP contribution in [-0.2, 0) is 0 Å². The molecule has 2 rings (SSSR count). The molecule has 1 aromatic heterocycles. The largest absolute Gasteiger partial charge is 0.396 e. The van der Waals surface area contributed by atoms with Crippen molar-refractivity contribution < 1.29 is 10.0 Å². The summed E-state index contributed by atoms with van der Waals surface area (Å²) in [5.41, 5.74) is 0.331. The van der Waals surface area contributed by atoms with Gasteiger partial charge in [0, 0.05) is 26.7 Å². The highest BCUT2D eigenvalue weighted by Gasteiger charge is 2.29. The second-order valence-electron chi connectivity index (χ2n) is 5.28. The minimum atomic E-state index is -0.417. The molecule has 116 valence electrons. The van der Waals surface area contributed by atoms with Crippen molar-refractivity contribution in [3.05, 3.63) is 15.8 Å². The molecule has 1 aliphatic heterocycles. The molecule has 1 fully saturated rings. The minimum Gasteiger partial charge on any atom is -0.396 e. The molecule has 1 unspecified atom stereocenters. The third kappa shape index (κ3) is 3.38. The number of aliphatic hydroxyl groups excluding tert-OH is 1. The van der Waals surface area contributed by atoms with Crippen molar-refractivity contribution in [3.8, 4) is 0 Å². The Hall–Kier alpha value is -1.96. The van der Waals surface area contributed by atoms with Crippen LogP contribution in [-0.4, -0.2) is 46.7 Å². The summed E-state index contributed by atoms with van der Waals surface area (Å²) in [6.07, 6.45) is 2.70. The summed E-state index contributed by atoms with van der Waals surface area (Å²) in [5.74, 6) is 1.11. The molecular weight excluding hydrogens is 274 g/mol. The quantitative estimate of drug-likeness (QED) is 0.623. The maximum Gasteiger partial charge on any atom is 0.332 e. The molecule has 2 N–H and O–H groups in total. The Morgan fingerprint density at radius 1 is 1.52 bits per heavy atom. The summed E-state index contributed by atoms with van der Waals surface area (Å²) in [6.45, 7) is 3.19. The Kier molecular flexibility index (Phi) is 4.89. The maximum absolute atomic E-state index is 11.3. The molecule has 1 saturated heterocycles. The predicted molar refractivity (Wildman–Crippen MR) is 79.6 cm³/mol. The van der Waals surface area contributed by atoms with Crippen LogP contribution in [0.3, 0.4) is 0 Å². The summed E-state index contributed by atoms with van der Waals surface area (Å²) < 4.78 is 0. The Labute approximate surface area is 123 Å². The Morgan fingerprint density at radius 3 is 2.90 bits per heavy atom. The van der Waals surface area contributed by atoms with Crippen molar-refractivity contribution in [1.82, 2.24) is 9.97 Å². The molecule has 0 bridgehead atoms. The van der Waals surface area contributed by atoms with Gasteiger partial charge in [0.1, 0.15) is 5.69 Å². The van der Waals surface area contributed by atoms with E-state index >= 15 is 0 Å². The lowest BCUT2D eigenvalue weighted by atomic mass is 9.95. The van der Waals surface area contributed by atoms with Crippen LogP contribution in [0.1, 0.15) is 25.0 Å². The molecule has 1 aromatic rings. The molecule has 2 heterocycles. The number of aryl methyl sites for hydroxylation is 1. The van der Waals surface area contributed by atoms with Crippen LogP contribution in [0.15, 0.2) is 0 Å². The van der Waals surface area contributed by atoms with Gasteiger partial charge in [-0.05, 0) is 32.1 Å². The fourth-order valence-corrected chi connectivity index (χ4v) is 2.77. The van der Waals surface area contributed by atoms with E-state index in [1.807, 2.05) is 4.90 Å². The molecule has 0 aliphatic carbocycles. The first kappa shape index (κ1) is 15.4. The first-order valence-electron chi connectivity index (χ1n) is 7.13. The molecular formula is C13H21N5O3. The van der Waals surface area contributed by atoms with Gasteiger partial charge in [-0.25, -0.2) is 4.98 Å². The van der Waals surface area contributed by atoms with Gasteiger partial charge in [-0.15, -0.1) is 0 Å². The number of aliphatic hydroxyl groups is 1. The number of rotatable bonds is 5. The second kappa shape index (κ2) is 6.66. The van der Waals surface area contributed by atoms with E-state index in [1.54, 1.807) is 14.0 Å². The molecule has 21 heavy (non-hydrogen) atoms. The van der Waals surface area contributed by atoms with E-state index in [2.05, 4.69) is 15.3 Å². The van der Waals surface area contributed by atoms with Crippen LogP contribution < -0.4 is 10.2 Å². The first-order valence-corrected chi connectivity index (χ1v) is 7.13. The topological polar surface area (TPSA) is 104 Å². The zero-order valence-corrected chi connectivity index (χ0v) is 12.4. The number of nitro groups is 1. The third-order valence-electron chi connectivity index (χ3n) is 3.80. The zero-order chi connectivity index (χ0) is 15.4. The highest BCUT2D eigenvalue weighted by atomic mass is 16.6. The van der Waals surface area contributed by atoms with Gasteiger partial charge in [0.15, 0.2) is 0 Å². The highest BCUT2D eigenvalue weighted by Crippen LogP contribution is 2.33. The van der Waals surface area contributed by atoms with Crippen molar-refractivity contribution in [1.29, 1.82) is 0 Å². The highest BCUT2D eigenvalue weighted by molar-refractivity contribution is 5.62. The van der Waals surface area contributed by atoms with E-state index in [0.29, 0.717) is 36.3 Å². The molecule has 0 amide bonds. The van der Waals surface area contributed by atoms with Gasteiger partial charge in [-0.3, -0.25) is 10.1 Å². The van der Waals surface area contributed by atoms with Gasteiger partial charge >= 0.3 is 5.69 Å². The molecule has 8 heteroatoms. The van der Waals surface area contributed by atoms with Crippen LogP contribution >= 0.6 is 0 Å². The van der Waals surface area contributed by atoms with Gasteiger partial charge in [0.25, 0.3) is 0 Å². The van der Waals surface area contributed by atoms with Crippen molar-refractivity contribution in [3.63, 3.8) is 0 Å². The summed E-state index contributed by atoms with van der Waals surface area (Å²) >= 11 is 0. The van der Waals surface area contributed by atoms with Gasteiger partial charge in [-0.1, -0.05) is 0 Å². The van der Waals surface area contributed by atoms with E-state index in [1.165, 1.54) is 0 Å². The second-order valence-corrected chi connectivity index (χ2v) is 5.28. The fourth-order valence-electron chi connectivity index (χ4n) is 2.77. The number of anilines is 2. The van der Waals surface area contributed by atoms with Gasteiger partial charge < -0.3 is 15.3 Å². The van der Waals surface area contributed by atoms with Gasteiger partial charge in [0.05, 0.1) is 4.92 Å². The van der Waals surface area contributed by atoms with Crippen LogP contribution in [0.2, 0.25) is 0 Å². The SMILES string of the molecule is CNc1nc(C)c([N+](=O)[O-])c(N2CCCC(CCO)C2)n1. The molecule has 1 aliphatic rings. The first-order chi connectivity index (χ1) is 10.1. The van der Waals surface area contributed by atoms with Crippen LogP contribution in [0.5, 0.6) is 0 Å². The number of hydrogen-bond acceptors (Lipinski definition) is 7. The van der Waals surface area contributed by atoms with E-state index in [0.717, 1.165) is 19.4 Å². The lowest BCUT2D eigenvalue weighted by molar-refractivity contribution is -0.385. The monoisotopic (exact) mass is 295 g/mol. The number of hydrogen-bond donors (Lipinski definition) is 2. The average molecular weight is 295 g/mol. The van der Waals surface area contributed by atoms with Crippen LogP contribution in [0.4, 0.5) is 17.5 Å². The normalized spacial score (nSPS) is 18.6. The molecule has 0 radical (unpaired) electrons. The van der Waals surface area contributed by atoms with Crippen molar-refractivity contribution in [2.24, 2.45) is 5.92 Å². The van der Waals surface area contributed by atoms with E-state index in [4.69, 9.17) is 5.11 Å². The Morgan fingerprint density at radius 2 is 2.29 bits per heavy atom. The van der Waals surface area contributed by atoms with Gasteiger partial charge in [-0.2, -0.15) is 4.98 Å². The lowest BCUT2D eigenvalue weighted by Gasteiger charge is -2.33. The summed E-state index contributed by atoms with van der Waals surface area (Å²) in [4.78, 5) is 21.2. The molecule has 0 saturated carbocycles. The van der Waals surface area contributed by atoms with E-state index in [-0.39, 0.29) is 12.3 Å². The summed E-state index contributed by atoms with van der Waals surface area (Å²) in [5, 5.41) is 23.3. The van der Waals surface area contributed by atoms with E-state index < -0.39 is 4.92 Å². The molecule has 0 spiro atoms. The minimum absolute atomic E-state index is 0.0290. The van der Waals surface area contributed by atoms with Crippen molar-refractivity contribution in [2.45, 2.75) is 26.2 Å². The molecule has 1 atom stereocenters. The third-order valence-corrected chi connectivity index (χ3v) is 3.80.